The van der Waals surface area contributed by atoms with Crippen LogP contribution in [0.25, 0.3) is 0 Å². The Balaban J connectivity index is 1.90. The lowest BCUT2D eigenvalue weighted by Gasteiger charge is -2.09. The van der Waals surface area contributed by atoms with Crippen LogP contribution in [0.4, 0.5) is 0 Å². The predicted molar refractivity (Wildman–Crippen MR) is 54.4 cm³/mol. The third-order valence-corrected chi connectivity index (χ3v) is 2.83. The summed E-state index contributed by atoms with van der Waals surface area (Å²) in [4.78, 5) is 0. The number of halogens is 1. The average Bonchev–Trinajstić information content (AvgIpc) is 2.76. The zero-order valence-electron chi connectivity index (χ0n) is 8.14. The van der Waals surface area contributed by atoms with Gasteiger partial charge in [0.1, 0.15) is 0 Å². The first kappa shape index (κ1) is 9.96. The fourth-order valence-corrected chi connectivity index (χ4v) is 1.82. The summed E-state index contributed by atoms with van der Waals surface area (Å²) in [7, 11) is 0. The molecule has 0 saturated carbocycles. The third-order valence-electron chi connectivity index (χ3n) is 2.52. The summed E-state index contributed by atoms with van der Waals surface area (Å²) < 4.78 is 5.27. The van der Waals surface area contributed by atoms with Crippen molar-refractivity contribution in [1.82, 2.24) is 15.5 Å². The molecule has 4 nitrogen and oxygen atoms in total. The van der Waals surface area contributed by atoms with E-state index < -0.39 is 0 Å². The van der Waals surface area contributed by atoms with Crippen LogP contribution in [-0.4, -0.2) is 29.5 Å². The molecule has 1 aromatic rings. The molecule has 2 heterocycles. The van der Waals surface area contributed by atoms with Crippen molar-refractivity contribution in [1.29, 1.82) is 0 Å². The average molecular weight is 216 g/mol. The number of aromatic amines is 1. The summed E-state index contributed by atoms with van der Waals surface area (Å²) in [6.45, 7) is 4.39. The van der Waals surface area contributed by atoms with E-state index in [0.717, 1.165) is 37.4 Å². The Labute approximate surface area is 88.0 Å². The zero-order chi connectivity index (χ0) is 9.97. The molecule has 0 radical (unpaired) electrons. The molecule has 1 fully saturated rings. The van der Waals surface area contributed by atoms with Gasteiger partial charge in [0, 0.05) is 30.5 Å². The number of hydrogen-bond donors (Lipinski definition) is 2. The quantitative estimate of drug-likeness (QED) is 0.798. The predicted octanol–water partition coefficient (Wildman–Crippen LogP) is 1.25. The second kappa shape index (κ2) is 4.29. The van der Waals surface area contributed by atoms with E-state index in [-0.39, 0.29) is 0 Å². The molecule has 2 N–H and O–H groups in total. The van der Waals surface area contributed by atoms with Crippen LogP contribution in [0.5, 0.6) is 0 Å². The molecule has 0 unspecified atom stereocenters. The van der Waals surface area contributed by atoms with Crippen molar-refractivity contribution < 1.29 is 4.74 Å². The number of H-pyrrole nitrogens is 1. The van der Waals surface area contributed by atoms with Gasteiger partial charge < -0.3 is 10.1 Å². The maximum atomic E-state index is 5.92. The van der Waals surface area contributed by atoms with Crippen LogP contribution in [0.1, 0.15) is 17.7 Å². The smallest absolute Gasteiger partial charge is 0.155 e. The minimum Gasteiger partial charge on any atom is -0.380 e. The van der Waals surface area contributed by atoms with E-state index in [2.05, 4.69) is 15.5 Å². The molecule has 1 aromatic heterocycles. The van der Waals surface area contributed by atoms with Crippen molar-refractivity contribution in [3.8, 4) is 0 Å². The molecule has 0 spiro atoms. The van der Waals surface area contributed by atoms with Crippen molar-refractivity contribution >= 4 is 11.6 Å². The first-order valence-electron chi connectivity index (χ1n) is 4.78. The highest BCUT2D eigenvalue weighted by atomic mass is 35.5. The monoisotopic (exact) mass is 215 g/mol. The molecule has 1 aliphatic heterocycles. The molecule has 78 valence electrons. The van der Waals surface area contributed by atoms with Crippen molar-refractivity contribution in [2.24, 2.45) is 0 Å². The number of ether oxygens (including phenoxy) is 1. The highest BCUT2D eigenvalue weighted by Crippen LogP contribution is 2.16. The maximum Gasteiger partial charge on any atom is 0.155 e. The van der Waals surface area contributed by atoms with Gasteiger partial charge >= 0.3 is 0 Å². The standard InChI is InChI=1S/C9H14ClN3O/c1-6-8(9(10)13-12-6)4-11-7-2-3-14-5-7/h7,11H,2-5H2,1H3,(H,12,13)/t7-/m0/s1. The number of hydrogen-bond acceptors (Lipinski definition) is 3. The van der Waals surface area contributed by atoms with Crippen LogP contribution in [0.15, 0.2) is 0 Å². The van der Waals surface area contributed by atoms with Gasteiger partial charge in [0.2, 0.25) is 0 Å². The number of nitrogens with one attached hydrogen (secondary N) is 2. The fourth-order valence-electron chi connectivity index (χ4n) is 1.57. The summed E-state index contributed by atoms with van der Waals surface area (Å²) in [6.07, 6.45) is 1.08. The SMILES string of the molecule is Cc1[nH]nc(Cl)c1CN[C@H]1CCOC1. The van der Waals surface area contributed by atoms with Crippen LogP contribution in [-0.2, 0) is 11.3 Å². The lowest BCUT2D eigenvalue weighted by molar-refractivity contribution is 0.190. The highest BCUT2D eigenvalue weighted by Gasteiger charge is 2.16. The van der Waals surface area contributed by atoms with E-state index in [1.54, 1.807) is 0 Å². The maximum absolute atomic E-state index is 5.92. The summed E-state index contributed by atoms with van der Waals surface area (Å²) in [5, 5.41) is 10.7. The Kier molecular flexibility index (Phi) is 3.05. The van der Waals surface area contributed by atoms with E-state index in [1.165, 1.54) is 0 Å². The van der Waals surface area contributed by atoms with Gasteiger partial charge in [-0.05, 0) is 13.3 Å². The normalized spacial score (nSPS) is 21.7. The molecule has 0 bridgehead atoms. The van der Waals surface area contributed by atoms with Gasteiger partial charge in [-0.15, -0.1) is 0 Å². The van der Waals surface area contributed by atoms with E-state index in [0.29, 0.717) is 11.2 Å². The van der Waals surface area contributed by atoms with Gasteiger partial charge in [-0.1, -0.05) is 11.6 Å². The number of aromatic nitrogens is 2. The molecule has 1 saturated heterocycles. The van der Waals surface area contributed by atoms with Gasteiger partial charge in [-0.25, -0.2) is 0 Å². The minimum absolute atomic E-state index is 0.459. The number of aryl methyl sites for hydroxylation is 1. The Morgan fingerprint density at radius 3 is 3.14 bits per heavy atom. The van der Waals surface area contributed by atoms with Gasteiger partial charge in [0.25, 0.3) is 0 Å². The largest absolute Gasteiger partial charge is 0.380 e. The first-order chi connectivity index (χ1) is 6.77. The summed E-state index contributed by atoms with van der Waals surface area (Å²) in [6, 6.07) is 0.459. The summed E-state index contributed by atoms with van der Waals surface area (Å²) in [5.74, 6) is 0. The van der Waals surface area contributed by atoms with Crippen molar-refractivity contribution in [3.05, 3.63) is 16.4 Å². The van der Waals surface area contributed by atoms with Crippen molar-refractivity contribution in [3.63, 3.8) is 0 Å². The Morgan fingerprint density at radius 2 is 2.57 bits per heavy atom. The van der Waals surface area contributed by atoms with E-state index >= 15 is 0 Å². The first-order valence-corrected chi connectivity index (χ1v) is 5.15. The van der Waals surface area contributed by atoms with Crippen LogP contribution in [0, 0.1) is 6.92 Å². The van der Waals surface area contributed by atoms with Gasteiger partial charge in [-0.3, -0.25) is 5.10 Å². The topological polar surface area (TPSA) is 49.9 Å². The fraction of sp³-hybridized carbons (Fsp3) is 0.667. The molecule has 2 rings (SSSR count). The van der Waals surface area contributed by atoms with Gasteiger partial charge in [-0.2, -0.15) is 5.10 Å². The molecule has 5 heteroatoms. The summed E-state index contributed by atoms with van der Waals surface area (Å²) >= 11 is 5.92. The molecule has 0 aromatic carbocycles. The second-order valence-electron chi connectivity index (χ2n) is 3.56. The molecule has 14 heavy (non-hydrogen) atoms. The van der Waals surface area contributed by atoms with Crippen LogP contribution >= 0.6 is 11.6 Å². The van der Waals surface area contributed by atoms with Crippen LogP contribution in [0.2, 0.25) is 5.15 Å². The molecular formula is C9H14ClN3O. The van der Waals surface area contributed by atoms with E-state index in [9.17, 15) is 0 Å². The van der Waals surface area contributed by atoms with Crippen LogP contribution in [0.3, 0.4) is 0 Å². The molecule has 1 atom stereocenters. The second-order valence-corrected chi connectivity index (χ2v) is 3.92. The molecule has 0 aliphatic carbocycles. The van der Waals surface area contributed by atoms with Crippen molar-refractivity contribution in [2.45, 2.75) is 25.9 Å². The Bertz CT molecular complexity index is 288. The third kappa shape index (κ3) is 2.08. The zero-order valence-corrected chi connectivity index (χ0v) is 8.90. The Morgan fingerprint density at radius 1 is 1.71 bits per heavy atom. The molecule has 0 amide bonds. The summed E-state index contributed by atoms with van der Waals surface area (Å²) in [5.41, 5.74) is 2.08. The van der Waals surface area contributed by atoms with Crippen molar-refractivity contribution in [2.75, 3.05) is 13.2 Å². The Hall–Kier alpha value is -0.580. The number of nitrogens with zero attached hydrogens (tertiary/aromatic N) is 1. The van der Waals surface area contributed by atoms with Crippen LogP contribution < -0.4 is 5.32 Å². The lowest BCUT2D eigenvalue weighted by atomic mass is 10.2. The molecule has 1 aliphatic rings. The van der Waals surface area contributed by atoms with E-state index in [1.807, 2.05) is 6.92 Å². The minimum atomic E-state index is 0.459. The van der Waals surface area contributed by atoms with Gasteiger partial charge in [0.05, 0.1) is 6.61 Å². The lowest BCUT2D eigenvalue weighted by Crippen LogP contribution is -2.28. The van der Waals surface area contributed by atoms with Gasteiger partial charge in [0.15, 0.2) is 5.15 Å². The number of rotatable bonds is 3. The molecular weight excluding hydrogens is 202 g/mol. The van der Waals surface area contributed by atoms with E-state index in [4.69, 9.17) is 16.3 Å². The highest BCUT2D eigenvalue weighted by molar-refractivity contribution is 6.30.